The molecule has 0 aliphatic carbocycles. The Labute approximate surface area is 165 Å². The number of carbonyl (C=O) groups is 1. The van der Waals surface area contributed by atoms with E-state index in [9.17, 15) is 4.79 Å². The zero-order valence-electron chi connectivity index (χ0n) is 13.5. The van der Waals surface area contributed by atoms with Crippen molar-refractivity contribution in [2.45, 2.75) is 6.92 Å². The van der Waals surface area contributed by atoms with E-state index in [-0.39, 0.29) is 5.91 Å². The number of aromatic amines is 1. The van der Waals surface area contributed by atoms with Crippen LogP contribution in [0.15, 0.2) is 45.8 Å². The smallest absolute Gasteiger partial charge is 0.276 e. The molecule has 0 saturated carbocycles. The molecule has 0 aromatic carbocycles. The van der Waals surface area contributed by atoms with Crippen molar-refractivity contribution < 1.29 is 4.79 Å². The maximum absolute atomic E-state index is 12.5. The van der Waals surface area contributed by atoms with Gasteiger partial charge in [0.1, 0.15) is 10.7 Å². The van der Waals surface area contributed by atoms with Crippen molar-refractivity contribution in [1.29, 1.82) is 0 Å². The van der Waals surface area contributed by atoms with Gasteiger partial charge in [-0.15, -0.1) is 22.7 Å². The number of hydrogen-bond donors (Lipinski definition) is 2. The van der Waals surface area contributed by atoms with Gasteiger partial charge in [-0.05, 0) is 41.1 Å². The fraction of sp³-hybridized carbons (Fsp3) is 0.0588. The molecular formula is C17H12BrN5OS2. The predicted molar refractivity (Wildman–Crippen MR) is 108 cm³/mol. The van der Waals surface area contributed by atoms with Gasteiger partial charge in [0.2, 0.25) is 0 Å². The van der Waals surface area contributed by atoms with Crippen LogP contribution in [0.4, 0.5) is 5.82 Å². The first-order valence-electron chi connectivity index (χ1n) is 7.58. The lowest BCUT2D eigenvalue weighted by molar-refractivity contribution is 0.102. The van der Waals surface area contributed by atoms with Gasteiger partial charge in [-0.2, -0.15) is 5.10 Å². The second-order valence-corrected chi connectivity index (χ2v) is 8.11. The third kappa shape index (κ3) is 3.33. The van der Waals surface area contributed by atoms with Gasteiger partial charge in [-0.3, -0.25) is 14.9 Å². The van der Waals surface area contributed by atoms with E-state index in [1.807, 2.05) is 30.5 Å². The van der Waals surface area contributed by atoms with Crippen molar-refractivity contribution >= 4 is 50.3 Å². The number of halogens is 1. The molecule has 0 atom stereocenters. The molecule has 2 N–H and O–H groups in total. The van der Waals surface area contributed by atoms with E-state index >= 15 is 0 Å². The Morgan fingerprint density at radius 1 is 1.23 bits per heavy atom. The number of nitrogens with zero attached hydrogens (tertiary/aromatic N) is 3. The lowest BCUT2D eigenvalue weighted by atomic mass is 10.1. The van der Waals surface area contributed by atoms with E-state index in [0.717, 1.165) is 31.2 Å². The third-order valence-electron chi connectivity index (χ3n) is 3.73. The Kier molecular flexibility index (Phi) is 4.66. The molecule has 0 bridgehead atoms. The summed E-state index contributed by atoms with van der Waals surface area (Å²) in [5.74, 6) is 0.217. The highest BCUT2D eigenvalue weighted by Gasteiger charge is 2.17. The molecule has 0 spiro atoms. The Morgan fingerprint density at radius 2 is 2.04 bits per heavy atom. The number of pyridine rings is 1. The van der Waals surface area contributed by atoms with Crippen molar-refractivity contribution in [3.8, 4) is 21.1 Å². The van der Waals surface area contributed by atoms with Gasteiger partial charge in [0.25, 0.3) is 5.91 Å². The molecule has 4 aromatic heterocycles. The van der Waals surface area contributed by atoms with Gasteiger partial charge < -0.3 is 5.32 Å². The minimum absolute atomic E-state index is 0.279. The number of anilines is 1. The van der Waals surface area contributed by atoms with Crippen molar-refractivity contribution in [2.75, 3.05) is 5.32 Å². The van der Waals surface area contributed by atoms with Crippen LogP contribution in [0, 0.1) is 6.92 Å². The molecule has 0 unspecified atom stereocenters. The lowest BCUT2D eigenvalue weighted by Gasteiger charge is -2.01. The molecule has 26 heavy (non-hydrogen) atoms. The summed E-state index contributed by atoms with van der Waals surface area (Å²) in [5.41, 5.74) is 3.05. The summed E-state index contributed by atoms with van der Waals surface area (Å²) in [6.07, 6.45) is 3.43. The van der Waals surface area contributed by atoms with Crippen LogP contribution in [-0.2, 0) is 0 Å². The number of hydrogen-bond acceptors (Lipinski definition) is 6. The van der Waals surface area contributed by atoms with E-state index in [1.54, 1.807) is 29.1 Å². The number of carbonyl (C=O) groups excluding carboxylic acids is 1. The van der Waals surface area contributed by atoms with E-state index in [2.05, 4.69) is 41.4 Å². The van der Waals surface area contributed by atoms with Crippen molar-refractivity contribution in [1.82, 2.24) is 20.2 Å². The Morgan fingerprint density at radius 3 is 2.77 bits per heavy atom. The zero-order chi connectivity index (χ0) is 18.1. The van der Waals surface area contributed by atoms with Crippen molar-refractivity contribution in [3.63, 3.8) is 0 Å². The molecule has 0 fully saturated rings. The largest absolute Gasteiger partial charge is 0.303 e. The van der Waals surface area contributed by atoms with Crippen LogP contribution in [0.3, 0.4) is 0 Å². The summed E-state index contributed by atoms with van der Waals surface area (Å²) in [4.78, 5) is 22.0. The Hall–Kier alpha value is -2.36. The van der Waals surface area contributed by atoms with Crippen molar-refractivity contribution in [3.05, 3.63) is 57.1 Å². The van der Waals surface area contributed by atoms with E-state index in [0.29, 0.717) is 11.5 Å². The highest BCUT2D eigenvalue weighted by atomic mass is 79.9. The average Bonchev–Trinajstić information content (AvgIpc) is 3.37. The van der Waals surface area contributed by atoms with Gasteiger partial charge in [-0.1, -0.05) is 0 Å². The number of nitrogens with one attached hydrogen (secondary N) is 2. The SMILES string of the molecule is Cc1c(NC(=O)c2csc(-c3cc(Br)cs3)n2)n[nH]c1-c1ccncc1. The highest BCUT2D eigenvalue weighted by molar-refractivity contribution is 9.10. The van der Waals surface area contributed by atoms with Crippen LogP contribution in [0.25, 0.3) is 21.1 Å². The molecule has 4 heterocycles. The average molecular weight is 446 g/mol. The lowest BCUT2D eigenvalue weighted by Crippen LogP contribution is -2.13. The van der Waals surface area contributed by atoms with E-state index in [4.69, 9.17) is 0 Å². The quantitative estimate of drug-likeness (QED) is 0.463. The standard InChI is InChI=1S/C17H12BrN5OS2/c1-9-14(10-2-4-19-5-3-10)22-23-15(9)21-16(24)12-8-26-17(20-12)13-6-11(18)7-25-13/h2-8H,1H3,(H2,21,22,23,24). The van der Waals surface area contributed by atoms with Gasteiger partial charge in [0.05, 0.1) is 10.6 Å². The fourth-order valence-electron chi connectivity index (χ4n) is 2.41. The second kappa shape index (κ2) is 7.10. The first kappa shape index (κ1) is 17.1. The van der Waals surface area contributed by atoms with Crippen LogP contribution >= 0.6 is 38.6 Å². The summed E-state index contributed by atoms with van der Waals surface area (Å²) >= 11 is 6.46. The Bertz CT molecular complexity index is 1070. The van der Waals surface area contributed by atoms with E-state index < -0.39 is 0 Å². The second-order valence-electron chi connectivity index (χ2n) is 5.43. The summed E-state index contributed by atoms with van der Waals surface area (Å²) in [6, 6.07) is 5.76. The van der Waals surface area contributed by atoms with Crippen LogP contribution in [0.5, 0.6) is 0 Å². The molecule has 6 nitrogen and oxygen atoms in total. The van der Waals surface area contributed by atoms with Crippen molar-refractivity contribution in [2.24, 2.45) is 0 Å². The number of thiazole rings is 1. The number of rotatable bonds is 4. The molecular weight excluding hydrogens is 434 g/mol. The summed E-state index contributed by atoms with van der Waals surface area (Å²) in [7, 11) is 0. The van der Waals surface area contributed by atoms with Gasteiger partial charge in [-0.25, -0.2) is 4.98 Å². The number of amides is 1. The summed E-state index contributed by atoms with van der Waals surface area (Å²) in [5, 5.41) is 14.6. The minimum atomic E-state index is -0.279. The number of thiophene rings is 1. The van der Waals surface area contributed by atoms with Crippen LogP contribution < -0.4 is 5.32 Å². The van der Waals surface area contributed by atoms with Gasteiger partial charge in [0, 0.05) is 38.8 Å². The first-order chi connectivity index (χ1) is 12.6. The number of aromatic nitrogens is 4. The number of H-pyrrole nitrogens is 1. The molecule has 0 saturated heterocycles. The molecule has 0 aliphatic heterocycles. The van der Waals surface area contributed by atoms with Gasteiger partial charge in [0.15, 0.2) is 5.82 Å². The minimum Gasteiger partial charge on any atom is -0.303 e. The summed E-state index contributed by atoms with van der Waals surface area (Å²) in [6.45, 7) is 1.91. The molecule has 4 rings (SSSR count). The maximum atomic E-state index is 12.5. The van der Waals surface area contributed by atoms with Crippen LogP contribution in [-0.4, -0.2) is 26.1 Å². The summed E-state index contributed by atoms with van der Waals surface area (Å²) < 4.78 is 1.01. The first-order valence-corrected chi connectivity index (χ1v) is 10.1. The van der Waals surface area contributed by atoms with E-state index in [1.165, 1.54) is 11.3 Å². The van der Waals surface area contributed by atoms with Crippen LogP contribution in [0.1, 0.15) is 16.1 Å². The monoisotopic (exact) mass is 445 g/mol. The fourth-order valence-corrected chi connectivity index (χ4v) is 4.71. The topological polar surface area (TPSA) is 83.6 Å². The van der Waals surface area contributed by atoms with Crippen LogP contribution in [0.2, 0.25) is 0 Å². The highest BCUT2D eigenvalue weighted by Crippen LogP contribution is 2.32. The third-order valence-corrected chi connectivity index (χ3v) is 6.43. The zero-order valence-corrected chi connectivity index (χ0v) is 16.7. The maximum Gasteiger partial charge on any atom is 0.276 e. The molecule has 9 heteroatoms. The molecule has 1 amide bonds. The van der Waals surface area contributed by atoms with Gasteiger partial charge >= 0.3 is 0 Å². The predicted octanol–water partition coefficient (Wildman–Crippen LogP) is 4.98. The normalized spacial score (nSPS) is 10.8. The Balaban J connectivity index is 1.54. The molecule has 0 aliphatic rings. The molecule has 130 valence electrons. The molecule has 0 radical (unpaired) electrons. The molecule has 4 aromatic rings.